The summed E-state index contributed by atoms with van der Waals surface area (Å²) in [5, 5.41) is 0. The van der Waals surface area contributed by atoms with Crippen molar-refractivity contribution in [1.29, 1.82) is 0 Å². The van der Waals surface area contributed by atoms with E-state index in [0.717, 1.165) is 52.3 Å². The Balaban J connectivity index is 1.74. The highest BCUT2D eigenvalue weighted by Crippen LogP contribution is 2.11. The molecule has 0 aromatic rings. The van der Waals surface area contributed by atoms with Crippen LogP contribution >= 0.6 is 0 Å². The molecular formula is C11H23N3O. The van der Waals surface area contributed by atoms with Crippen molar-refractivity contribution in [1.82, 2.24) is 9.80 Å². The van der Waals surface area contributed by atoms with Gasteiger partial charge in [-0.05, 0) is 19.5 Å². The largest absolute Gasteiger partial charge is 0.374 e. The third-order valence-electron chi connectivity index (χ3n) is 3.44. The van der Waals surface area contributed by atoms with Crippen molar-refractivity contribution < 1.29 is 4.74 Å². The molecule has 0 saturated carbocycles. The maximum Gasteiger partial charge on any atom is 0.0829 e. The molecule has 2 rings (SSSR count). The van der Waals surface area contributed by atoms with Gasteiger partial charge in [0.05, 0.1) is 12.7 Å². The standard InChI is InChI=1S/C11H23N3O/c1-2-13-5-6-15-11(8-13)9-14-4-3-10(12)7-14/h10-11H,2-9,12H2,1H3. The Morgan fingerprint density at radius 3 is 2.80 bits per heavy atom. The molecule has 2 fully saturated rings. The Morgan fingerprint density at radius 1 is 1.27 bits per heavy atom. The van der Waals surface area contributed by atoms with Crippen LogP contribution in [0.2, 0.25) is 0 Å². The fourth-order valence-electron chi connectivity index (χ4n) is 2.49. The average molecular weight is 213 g/mol. The topological polar surface area (TPSA) is 41.7 Å². The van der Waals surface area contributed by atoms with Gasteiger partial charge in [-0.1, -0.05) is 6.92 Å². The van der Waals surface area contributed by atoms with Crippen LogP contribution in [-0.4, -0.2) is 67.8 Å². The molecule has 4 heteroatoms. The number of nitrogens with two attached hydrogens (primary N) is 1. The lowest BCUT2D eigenvalue weighted by Crippen LogP contribution is -2.47. The Hall–Kier alpha value is -0.160. The Kier molecular flexibility index (Phi) is 3.97. The van der Waals surface area contributed by atoms with Crippen LogP contribution in [0.3, 0.4) is 0 Å². The molecule has 4 nitrogen and oxygen atoms in total. The number of likely N-dealkylation sites (N-methyl/N-ethyl adjacent to an activating group) is 1. The number of hydrogen-bond acceptors (Lipinski definition) is 4. The highest BCUT2D eigenvalue weighted by molar-refractivity contribution is 4.81. The van der Waals surface area contributed by atoms with Crippen LogP contribution in [-0.2, 0) is 4.74 Å². The third kappa shape index (κ3) is 3.14. The summed E-state index contributed by atoms with van der Waals surface area (Å²) in [6.45, 7) is 9.67. The number of likely N-dealkylation sites (tertiary alicyclic amines) is 1. The summed E-state index contributed by atoms with van der Waals surface area (Å²) in [4.78, 5) is 4.90. The number of nitrogens with zero attached hydrogens (tertiary/aromatic N) is 2. The van der Waals surface area contributed by atoms with Crippen LogP contribution in [0, 0.1) is 0 Å². The predicted octanol–water partition coefficient (Wildman–Crippen LogP) is -0.260. The van der Waals surface area contributed by atoms with E-state index in [0.29, 0.717) is 12.1 Å². The summed E-state index contributed by atoms with van der Waals surface area (Å²) in [6, 6.07) is 0.385. The van der Waals surface area contributed by atoms with E-state index >= 15 is 0 Å². The minimum absolute atomic E-state index is 0.385. The Morgan fingerprint density at radius 2 is 2.13 bits per heavy atom. The first kappa shape index (κ1) is 11.3. The molecule has 2 saturated heterocycles. The molecule has 88 valence electrons. The fraction of sp³-hybridized carbons (Fsp3) is 1.00. The summed E-state index contributed by atoms with van der Waals surface area (Å²) in [6.07, 6.45) is 1.54. The molecule has 2 atom stereocenters. The number of morpholine rings is 1. The molecule has 15 heavy (non-hydrogen) atoms. The van der Waals surface area contributed by atoms with Crippen LogP contribution in [0.4, 0.5) is 0 Å². The first-order chi connectivity index (χ1) is 7.28. The average Bonchev–Trinajstić information content (AvgIpc) is 2.64. The van der Waals surface area contributed by atoms with Gasteiger partial charge in [0.15, 0.2) is 0 Å². The van der Waals surface area contributed by atoms with Gasteiger partial charge in [0.2, 0.25) is 0 Å². The Bertz CT molecular complexity index is 200. The molecule has 0 amide bonds. The summed E-state index contributed by atoms with van der Waals surface area (Å²) < 4.78 is 5.78. The molecule has 0 bridgehead atoms. The molecule has 2 heterocycles. The van der Waals surface area contributed by atoms with Crippen molar-refractivity contribution in [3.63, 3.8) is 0 Å². The van der Waals surface area contributed by atoms with Crippen LogP contribution < -0.4 is 5.73 Å². The molecule has 2 unspecified atom stereocenters. The second-order valence-corrected chi connectivity index (χ2v) is 4.69. The molecular weight excluding hydrogens is 190 g/mol. The summed E-state index contributed by atoms with van der Waals surface area (Å²) >= 11 is 0. The van der Waals surface area contributed by atoms with Gasteiger partial charge in [0.1, 0.15) is 0 Å². The highest BCUT2D eigenvalue weighted by Gasteiger charge is 2.25. The van der Waals surface area contributed by atoms with Gasteiger partial charge in [-0.15, -0.1) is 0 Å². The summed E-state index contributed by atoms with van der Waals surface area (Å²) in [5.74, 6) is 0. The first-order valence-corrected chi connectivity index (χ1v) is 6.10. The van der Waals surface area contributed by atoms with Crippen LogP contribution in [0.15, 0.2) is 0 Å². The normalized spacial score (nSPS) is 34.8. The SMILES string of the molecule is CCN1CCOC(CN2CCC(N)C2)C1. The van der Waals surface area contributed by atoms with Gasteiger partial charge in [-0.25, -0.2) is 0 Å². The van der Waals surface area contributed by atoms with Crippen molar-refractivity contribution in [2.75, 3.05) is 45.9 Å². The molecule has 2 aliphatic rings. The smallest absolute Gasteiger partial charge is 0.0829 e. The van der Waals surface area contributed by atoms with Gasteiger partial charge < -0.3 is 10.5 Å². The Labute approximate surface area is 92.4 Å². The van der Waals surface area contributed by atoms with Crippen molar-refractivity contribution >= 4 is 0 Å². The van der Waals surface area contributed by atoms with Crippen molar-refractivity contribution in [2.24, 2.45) is 5.73 Å². The van der Waals surface area contributed by atoms with Gasteiger partial charge in [0, 0.05) is 32.2 Å². The second kappa shape index (κ2) is 5.25. The lowest BCUT2D eigenvalue weighted by molar-refractivity contribution is -0.0392. The molecule has 0 spiro atoms. The monoisotopic (exact) mass is 213 g/mol. The molecule has 0 aromatic carbocycles. The quantitative estimate of drug-likeness (QED) is 0.701. The fourth-order valence-corrected chi connectivity index (χ4v) is 2.49. The van der Waals surface area contributed by atoms with Gasteiger partial charge in [-0.2, -0.15) is 0 Å². The van der Waals surface area contributed by atoms with E-state index in [1.165, 1.54) is 0 Å². The minimum Gasteiger partial charge on any atom is -0.374 e. The van der Waals surface area contributed by atoms with E-state index in [9.17, 15) is 0 Å². The van der Waals surface area contributed by atoms with Gasteiger partial charge in [0.25, 0.3) is 0 Å². The van der Waals surface area contributed by atoms with Crippen LogP contribution in [0.5, 0.6) is 0 Å². The molecule has 0 aromatic heterocycles. The van der Waals surface area contributed by atoms with Crippen molar-refractivity contribution in [3.8, 4) is 0 Å². The molecule has 0 aliphatic carbocycles. The maximum absolute atomic E-state index is 5.89. The zero-order valence-electron chi connectivity index (χ0n) is 9.69. The van der Waals surface area contributed by atoms with E-state index in [2.05, 4.69) is 16.7 Å². The van der Waals surface area contributed by atoms with Crippen LogP contribution in [0.25, 0.3) is 0 Å². The highest BCUT2D eigenvalue weighted by atomic mass is 16.5. The summed E-state index contributed by atoms with van der Waals surface area (Å²) in [5.41, 5.74) is 5.89. The maximum atomic E-state index is 5.89. The van der Waals surface area contributed by atoms with E-state index in [4.69, 9.17) is 10.5 Å². The van der Waals surface area contributed by atoms with E-state index in [1.54, 1.807) is 0 Å². The first-order valence-electron chi connectivity index (χ1n) is 6.10. The third-order valence-corrected chi connectivity index (χ3v) is 3.44. The van der Waals surface area contributed by atoms with Crippen molar-refractivity contribution in [3.05, 3.63) is 0 Å². The van der Waals surface area contributed by atoms with E-state index in [1.807, 2.05) is 0 Å². The molecule has 0 radical (unpaired) electrons. The number of rotatable bonds is 3. The summed E-state index contributed by atoms with van der Waals surface area (Å²) in [7, 11) is 0. The van der Waals surface area contributed by atoms with Gasteiger partial charge in [-0.3, -0.25) is 9.80 Å². The number of hydrogen-bond donors (Lipinski definition) is 1. The zero-order valence-corrected chi connectivity index (χ0v) is 9.69. The lowest BCUT2D eigenvalue weighted by Gasteiger charge is -2.34. The number of ether oxygens (including phenoxy) is 1. The lowest BCUT2D eigenvalue weighted by atomic mass is 10.2. The molecule has 2 aliphatic heterocycles. The van der Waals surface area contributed by atoms with Crippen LogP contribution in [0.1, 0.15) is 13.3 Å². The van der Waals surface area contributed by atoms with Gasteiger partial charge >= 0.3 is 0 Å². The molecule has 2 N–H and O–H groups in total. The second-order valence-electron chi connectivity index (χ2n) is 4.69. The van der Waals surface area contributed by atoms with E-state index < -0.39 is 0 Å². The minimum atomic E-state index is 0.385. The predicted molar refractivity (Wildman–Crippen MR) is 60.9 cm³/mol. The zero-order chi connectivity index (χ0) is 10.7. The van der Waals surface area contributed by atoms with E-state index in [-0.39, 0.29) is 0 Å². The van der Waals surface area contributed by atoms with Crippen molar-refractivity contribution in [2.45, 2.75) is 25.5 Å².